The van der Waals surface area contributed by atoms with E-state index in [1.165, 1.54) is 44.8 Å². The zero-order valence-corrected chi connectivity index (χ0v) is 11.6. The lowest BCUT2D eigenvalue weighted by atomic mass is 9.81. The molecule has 1 unspecified atom stereocenters. The predicted octanol–water partition coefficient (Wildman–Crippen LogP) is 3.07. The molecule has 1 atom stereocenters. The van der Waals surface area contributed by atoms with Crippen LogP contribution in [0.5, 0.6) is 0 Å². The second kappa shape index (κ2) is 7.29. The molecule has 1 saturated carbocycles. The fourth-order valence-electron chi connectivity index (χ4n) is 2.95. The maximum atomic E-state index is 11.3. The van der Waals surface area contributed by atoms with E-state index >= 15 is 0 Å². The number of carbonyl (C=O) groups excluding carboxylic acids is 1. The minimum Gasteiger partial charge on any atom is -0.468 e. The zero-order valence-electron chi connectivity index (χ0n) is 11.6. The SMILES string of the molecule is COC(=O)CNC(c1ccccc1)C1CCCCC1. The van der Waals surface area contributed by atoms with Gasteiger partial charge in [-0.3, -0.25) is 10.1 Å². The zero-order chi connectivity index (χ0) is 13.5. The van der Waals surface area contributed by atoms with Gasteiger partial charge in [0.2, 0.25) is 0 Å². The van der Waals surface area contributed by atoms with Crippen molar-refractivity contribution in [2.75, 3.05) is 13.7 Å². The van der Waals surface area contributed by atoms with Gasteiger partial charge in [-0.25, -0.2) is 0 Å². The van der Waals surface area contributed by atoms with Crippen molar-refractivity contribution in [2.24, 2.45) is 5.92 Å². The lowest BCUT2D eigenvalue weighted by Gasteiger charge is -2.31. The number of benzene rings is 1. The van der Waals surface area contributed by atoms with E-state index in [9.17, 15) is 4.79 Å². The van der Waals surface area contributed by atoms with E-state index in [1.807, 2.05) is 6.07 Å². The summed E-state index contributed by atoms with van der Waals surface area (Å²) in [6.07, 6.45) is 6.43. The van der Waals surface area contributed by atoms with E-state index in [0.717, 1.165) is 0 Å². The van der Waals surface area contributed by atoms with Crippen molar-refractivity contribution in [3.8, 4) is 0 Å². The van der Waals surface area contributed by atoms with E-state index in [1.54, 1.807) is 0 Å². The largest absolute Gasteiger partial charge is 0.468 e. The Morgan fingerprint density at radius 2 is 1.95 bits per heavy atom. The normalized spacial score (nSPS) is 17.9. The van der Waals surface area contributed by atoms with Gasteiger partial charge in [0.1, 0.15) is 0 Å². The molecule has 1 N–H and O–H groups in total. The third-order valence-electron chi connectivity index (χ3n) is 3.97. The maximum absolute atomic E-state index is 11.3. The van der Waals surface area contributed by atoms with Gasteiger partial charge < -0.3 is 4.74 Å². The molecule has 0 radical (unpaired) electrons. The predicted molar refractivity (Wildman–Crippen MR) is 75.8 cm³/mol. The van der Waals surface area contributed by atoms with Crippen molar-refractivity contribution in [1.29, 1.82) is 0 Å². The lowest BCUT2D eigenvalue weighted by molar-refractivity contribution is -0.139. The Labute approximate surface area is 115 Å². The van der Waals surface area contributed by atoms with Gasteiger partial charge in [0.05, 0.1) is 13.7 Å². The highest BCUT2D eigenvalue weighted by Gasteiger charge is 2.25. The molecule has 19 heavy (non-hydrogen) atoms. The molecule has 3 nitrogen and oxygen atoms in total. The summed E-state index contributed by atoms with van der Waals surface area (Å²) in [6.45, 7) is 0.284. The Bertz CT molecular complexity index is 385. The van der Waals surface area contributed by atoms with Gasteiger partial charge in [-0.05, 0) is 24.3 Å². The van der Waals surface area contributed by atoms with E-state index < -0.39 is 0 Å². The van der Waals surface area contributed by atoms with E-state index in [4.69, 9.17) is 4.74 Å². The molecule has 1 fully saturated rings. The fraction of sp³-hybridized carbons (Fsp3) is 0.562. The van der Waals surface area contributed by atoms with Gasteiger partial charge in [0.15, 0.2) is 0 Å². The summed E-state index contributed by atoms with van der Waals surface area (Å²) >= 11 is 0. The third kappa shape index (κ3) is 4.06. The first-order valence-corrected chi connectivity index (χ1v) is 7.16. The molecular formula is C16H23NO2. The smallest absolute Gasteiger partial charge is 0.319 e. The van der Waals surface area contributed by atoms with Crippen LogP contribution in [-0.2, 0) is 9.53 Å². The van der Waals surface area contributed by atoms with Crippen LogP contribution in [0.3, 0.4) is 0 Å². The fourth-order valence-corrected chi connectivity index (χ4v) is 2.95. The van der Waals surface area contributed by atoms with Gasteiger partial charge in [-0.15, -0.1) is 0 Å². The quantitative estimate of drug-likeness (QED) is 0.828. The Morgan fingerprint density at radius 3 is 2.58 bits per heavy atom. The molecule has 0 aliphatic heterocycles. The first-order chi connectivity index (χ1) is 9.31. The van der Waals surface area contributed by atoms with Gasteiger partial charge in [0, 0.05) is 6.04 Å². The molecule has 1 aliphatic carbocycles. The number of hydrogen-bond donors (Lipinski definition) is 1. The van der Waals surface area contributed by atoms with Crippen LogP contribution in [0.2, 0.25) is 0 Å². The highest BCUT2D eigenvalue weighted by molar-refractivity contribution is 5.71. The van der Waals surface area contributed by atoms with Crippen molar-refractivity contribution in [3.63, 3.8) is 0 Å². The molecule has 0 saturated heterocycles. The summed E-state index contributed by atoms with van der Waals surface area (Å²) in [5.41, 5.74) is 1.28. The third-order valence-corrected chi connectivity index (χ3v) is 3.97. The molecule has 0 spiro atoms. The van der Waals surface area contributed by atoms with Crippen LogP contribution in [0.1, 0.15) is 43.7 Å². The summed E-state index contributed by atoms with van der Waals surface area (Å²) in [4.78, 5) is 11.3. The first-order valence-electron chi connectivity index (χ1n) is 7.16. The van der Waals surface area contributed by atoms with Crippen LogP contribution in [0.4, 0.5) is 0 Å². The number of esters is 1. The molecule has 1 aromatic rings. The van der Waals surface area contributed by atoms with Crippen LogP contribution in [0.25, 0.3) is 0 Å². The molecule has 1 aromatic carbocycles. The lowest BCUT2D eigenvalue weighted by Crippen LogP contribution is -2.33. The van der Waals surface area contributed by atoms with Crippen LogP contribution >= 0.6 is 0 Å². The summed E-state index contributed by atoms with van der Waals surface area (Å²) in [6, 6.07) is 10.7. The molecule has 104 valence electrons. The monoisotopic (exact) mass is 261 g/mol. The van der Waals surface area contributed by atoms with E-state index in [-0.39, 0.29) is 18.6 Å². The summed E-state index contributed by atoms with van der Waals surface area (Å²) in [5, 5.41) is 3.38. The van der Waals surface area contributed by atoms with Crippen LogP contribution in [0, 0.1) is 5.92 Å². The number of methoxy groups -OCH3 is 1. The van der Waals surface area contributed by atoms with Crippen LogP contribution < -0.4 is 5.32 Å². The highest BCUT2D eigenvalue weighted by atomic mass is 16.5. The van der Waals surface area contributed by atoms with Crippen molar-refractivity contribution in [3.05, 3.63) is 35.9 Å². The standard InChI is InChI=1S/C16H23NO2/c1-19-15(18)12-17-16(13-8-4-2-5-9-13)14-10-6-3-7-11-14/h2,4-5,8-9,14,16-17H,3,6-7,10-12H2,1H3. The Balaban J connectivity index is 2.06. The molecule has 1 aliphatic rings. The van der Waals surface area contributed by atoms with Gasteiger partial charge in [0.25, 0.3) is 0 Å². The summed E-state index contributed by atoms with van der Waals surface area (Å²) in [7, 11) is 1.43. The molecule has 0 heterocycles. The second-order valence-corrected chi connectivity index (χ2v) is 5.24. The van der Waals surface area contributed by atoms with Crippen molar-refractivity contribution in [2.45, 2.75) is 38.1 Å². The summed E-state index contributed by atoms with van der Waals surface area (Å²) in [5.74, 6) is 0.428. The first kappa shape index (κ1) is 14.1. The van der Waals surface area contributed by atoms with Gasteiger partial charge >= 0.3 is 5.97 Å². The molecule has 0 aromatic heterocycles. The van der Waals surface area contributed by atoms with Crippen molar-refractivity contribution >= 4 is 5.97 Å². The number of carbonyl (C=O) groups is 1. The minimum absolute atomic E-state index is 0.197. The highest BCUT2D eigenvalue weighted by Crippen LogP contribution is 2.34. The van der Waals surface area contributed by atoms with Crippen LogP contribution in [0.15, 0.2) is 30.3 Å². The second-order valence-electron chi connectivity index (χ2n) is 5.24. The maximum Gasteiger partial charge on any atom is 0.319 e. The average Bonchev–Trinajstić information content (AvgIpc) is 2.49. The minimum atomic E-state index is -0.197. The average molecular weight is 261 g/mol. The molecule has 0 bridgehead atoms. The van der Waals surface area contributed by atoms with Gasteiger partial charge in [-0.2, -0.15) is 0 Å². The van der Waals surface area contributed by atoms with E-state index in [0.29, 0.717) is 5.92 Å². The topological polar surface area (TPSA) is 38.3 Å². The van der Waals surface area contributed by atoms with Crippen molar-refractivity contribution < 1.29 is 9.53 Å². The molecule has 0 amide bonds. The molecular weight excluding hydrogens is 238 g/mol. The van der Waals surface area contributed by atoms with Crippen molar-refractivity contribution in [1.82, 2.24) is 5.32 Å². The van der Waals surface area contributed by atoms with Gasteiger partial charge in [-0.1, -0.05) is 49.6 Å². The Morgan fingerprint density at radius 1 is 1.26 bits per heavy atom. The Hall–Kier alpha value is -1.35. The number of rotatable bonds is 5. The number of hydrogen-bond acceptors (Lipinski definition) is 3. The molecule has 2 rings (SSSR count). The Kier molecular flexibility index (Phi) is 5.40. The molecule has 3 heteroatoms. The number of ether oxygens (including phenoxy) is 1. The number of nitrogens with one attached hydrogen (secondary N) is 1. The summed E-state index contributed by atoms with van der Waals surface area (Å²) < 4.78 is 4.72. The van der Waals surface area contributed by atoms with E-state index in [2.05, 4.69) is 29.6 Å². The van der Waals surface area contributed by atoms with Crippen LogP contribution in [-0.4, -0.2) is 19.6 Å².